The molecule has 0 saturated carbocycles. The lowest BCUT2D eigenvalue weighted by atomic mass is 10.1. The molecule has 2 aromatic rings. The van der Waals surface area contributed by atoms with Crippen molar-refractivity contribution in [1.29, 1.82) is 0 Å². The molecule has 0 radical (unpaired) electrons. The molecule has 1 aliphatic rings. The Balaban J connectivity index is 0.00000156. The zero-order chi connectivity index (χ0) is 16.2. The topological polar surface area (TPSA) is 45.2 Å². The van der Waals surface area contributed by atoms with Gasteiger partial charge in [0, 0.05) is 19.5 Å². The molecule has 1 saturated heterocycles. The molecule has 0 spiro atoms. The van der Waals surface area contributed by atoms with Crippen molar-refractivity contribution in [1.82, 2.24) is 15.2 Å². The number of hydrogen-bond donors (Lipinski definition) is 1. The summed E-state index contributed by atoms with van der Waals surface area (Å²) in [7, 11) is 1.92. The highest BCUT2D eigenvalue weighted by molar-refractivity contribution is 7.13. The minimum absolute atomic E-state index is 0. The molecule has 1 fully saturated rings. The second-order valence-corrected chi connectivity index (χ2v) is 7.17. The largest absolute Gasteiger partial charge is 0.338 e. The van der Waals surface area contributed by atoms with E-state index in [4.69, 9.17) is 0 Å². The summed E-state index contributed by atoms with van der Waals surface area (Å²) in [5, 5.41) is 4.35. The fourth-order valence-electron chi connectivity index (χ4n) is 3.02. The van der Waals surface area contributed by atoms with Crippen molar-refractivity contribution in [2.75, 3.05) is 20.1 Å². The Morgan fingerprint density at radius 1 is 1.24 bits per heavy atom. The van der Waals surface area contributed by atoms with Gasteiger partial charge >= 0.3 is 0 Å². The van der Waals surface area contributed by atoms with Gasteiger partial charge in [0.15, 0.2) is 0 Å². The van der Waals surface area contributed by atoms with Gasteiger partial charge in [0.05, 0.1) is 10.7 Å². The molecule has 0 aliphatic carbocycles. The fourth-order valence-corrected chi connectivity index (χ4v) is 4.10. The lowest BCUT2D eigenvalue weighted by Gasteiger charge is -2.31. The van der Waals surface area contributed by atoms with Crippen molar-refractivity contribution in [3.05, 3.63) is 51.5 Å². The monoisotopic (exact) mass is 401 g/mol. The standard InChI is InChI=1S/C18H23N3OS.2ClH/c1-13-17(18(22)21(2)15-8-10-19-11-9-15)23-16(20-13)12-14-6-4-3-5-7-14;;/h3-7,15,19H,8-12H2,1-2H3;2*1H. The Hall–Kier alpha value is -1.14. The number of nitrogens with zero attached hydrogens (tertiary/aromatic N) is 2. The van der Waals surface area contributed by atoms with E-state index >= 15 is 0 Å². The van der Waals surface area contributed by atoms with Crippen molar-refractivity contribution in [3.63, 3.8) is 0 Å². The first-order valence-corrected chi connectivity index (χ1v) is 8.95. The van der Waals surface area contributed by atoms with Crippen LogP contribution in [-0.2, 0) is 6.42 Å². The molecule has 1 aromatic carbocycles. The maximum Gasteiger partial charge on any atom is 0.265 e. The van der Waals surface area contributed by atoms with Crippen LogP contribution in [0, 0.1) is 6.92 Å². The molecule has 1 N–H and O–H groups in total. The number of carbonyl (C=O) groups is 1. The molecule has 1 amide bonds. The molecule has 4 nitrogen and oxygen atoms in total. The minimum atomic E-state index is 0. The number of aryl methyl sites for hydroxylation is 1. The quantitative estimate of drug-likeness (QED) is 0.848. The predicted molar refractivity (Wildman–Crippen MR) is 109 cm³/mol. The minimum Gasteiger partial charge on any atom is -0.338 e. The lowest BCUT2D eigenvalue weighted by Crippen LogP contribution is -2.43. The first-order chi connectivity index (χ1) is 11.1. The molecule has 7 heteroatoms. The summed E-state index contributed by atoms with van der Waals surface area (Å²) in [5.74, 6) is 0.117. The van der Waals surface area contributed by atoms with Crippen LogP contribution in [0.15, 0.2) is 30.3 Å². The van der Waals surface area contributed by atoms with Gasteiger partial charge in [-0.1, -0.05) is 30.3 Å². The molecule has 138 valence electrons. The summed E-state index contributed by atoms with van der Waals surface area (Å²) < 4.78 is 0. The average Bonchev–Trinajstić information content (AvgIpc) is 2.95. The second-order valence-electron chi connectivity index (χ2n) is 6.08. The Morgan fingerprint density at radius 3 is 2.52 bits per heavy atom. The van der Waals surface area contributed by atoms with Crippen LogP contribution in [0.4, 0.5) is 0 Å². The number of carbonyl (C=O) groups excluding carboxylic acids is 1. The van der Waals surface area contributed by atoms with Crippen LogP contribution in [0.2, 0.25) is 0 Å². The van der Waals surface area contributed by atoms with E-state index in [0.29, 0.717) is 6.04 Å². The molecule has 1 aromatic heterocycles. The summed E-state index contributed by atoms with van der Waals surface area (Å²) in [6.07, 6.45) is 2.84. The molecule has 0 bridgehead atoms. The van der Waals surface area contributed by atoms with Crippen LogP contribution in [0.3, 0.4) is 0 Å². The van der Waals surface area contributed by atoms with Gasteiger partial charge in [0.25, 0.3) is 5.91 Å². The van der Waals surface area contributed by atoms with Gasteiger partial charge in [-0.2, -0.15) is 0 Å². The van der Waals surface area contributed by atoms with Crippen molar-refractivity contribution in [2.45, 2.75) is 32.2 Å². The number of nitrogens with one attached hydrogen (secondary N) is 1. The number of amides is 1. The smallest absolute Gasteiger partial charge is 0.265 e. The number of halogens is 2. The van der Waals surface area contributed by atoms with Crippen LogP contribution in [0.1, 0.15) is 38.8 Å². The van der Waals surface area contributed by atoms with E-state index in [1.807, 2.05) is 37.1 Å². The summed E-state index contributed by atoms with van der Waals surface area (Å²) in [6, 6.07) is 10.6. The zero-order valence-electron chi connectivity index (χ0n) is 14.5. The van der Waals surface area contributed by atoms with Crippen molar-refractivity contribution in [2.24, 2.45) is 0 Å². The molecule has 1 aliphatic heterocycles. The van der Waals surface area contributed by atoms with Gasteiger partial charge in [-0.15, -0.1) is 36.2 Å². The van der Waals surface area contributed by atoms with Crippen LogP contribution in [0.25, 0.3) is 0 Å². The van der Waals surface area contributed by atoms with Gasteiger partial charge in [0.1, 0.15) is 4.88 Å². The number of benzene rings is 1. The molecule has 3 rings (SSSR count). The number of thiazole rings is 1. The van der Waals surface area contributed by atoms with E-state index in [-0.39, 0.29) is 30.7 Å². The summed E-state index contributed by atoms with van der Waals surface area (Å²) >= 11 is 1.54. The number of piperidine rings is 1. The molecule has 25 heavy (non-hydrogen) atoms. The van der Waals surface area contributed by atoms with Gasteiger partial charge in [-0.3, -0.25) is 4.79 Å². The third-order valence-corrected chi connectivity index (χ3v) is 5.56. The van der Waals surface area contributed by atoms with Crippen molar-refractivity contribution in [3.8, 4) is 0 Å². The summed E-state index contributed by atoms with van der Waals surface area (Å²) in [5.41, 5.74) is 2.08. The second kappa shape index (κ2) is 10.1. The first-order valence-electron chi connectivity index (χ1n) is 8.13. The maximum atomic E-state index is 12.8. The first kappa shape index (κ1) is 21.9. The third kappa shape index (κ3) is 5.42. The van der Waals surface area contributed by atoms with Crippen molar-refractivity contribution >= 4 is 42.1 Å². The van der Waals surface area contributed by atoms with E-state index in [1.54, 1.807) is 0 Å². The van der Waals surface area contributed by atoms with E-state index in [1.165, 1.54) is 16.9 Å². The highest BCUT2D eigenvalue weighted by atomic mass is 35.5. The Kier molecular flexibility index (Phi) is 8.86. The van der Waals surface area contributed by atoms with Crippen LogP contribution in [0.5, 0.6) is 0 Å². The normalized spacial score (nSPS) is 14.3. The number of hydrogen-bond acceptors (Lipinski definition) is 4. The number of aromatic nitrogens is 1. The summed E-state index contributed by atoms with van der Waals surface area (Å²) in [4.78, 5) is 20.1. The van der Waals surface area contributed by atoms with Crippen LogP contribution >= 0.6 is 36.2 Å². The van der Waals surface area contributed by atoms with Gasteiger partial charge in [0.2, 0.25) is 0 Å². The SMILES string of the molecule is Cc1nc(Cc2ccccc2)sc1C(=O)N(C)C1CCNCC1.Cl.Cl. The highest BCUT2D eigenvalue weighted by Gasteiger charge is 2.25. The Labute approximate surface area is 165 Å². The molecule has 0 unspecified atom stereocenters. The molecular weight excluding hydrogens is 377 g/mol. The summed E-state index contributed by atoms with van der Waals surface area (Å²) in [6.45, 7) is 3.92. The Bertz CT molecular complexity index is 672. The highest BCUT2D eigenvalue weighted by Crippen LogP contribution is 2.24. The number of rotatable bonds is 4. The van der Waals surface area contributed by atoms with Gasteiger partial charge in [-0.05, 0) is 38.4 Å². The fraction of sp³-hybridized carbons (Fsp3) is 0.444. The zero-order valence-corrected chi connectivity index (χ0v) is 17.0. The van der Waals surface area contributed by atoms with E-state index in [9.17, 15) is 4.79 Å². The molecular formula is C18H25Cl2N3OS. The average molecular weight is 402 g/mol. The third-order valence-electron chi connectivity index (χ3n) is 4.41. The van der Waals surface area contributed by atoms with Gasteiger partial charge in [-0.25, -0.2) is 4.98 Å². The molecule has 0 atom stereocenters. The predicted octanol–water partition coefficient (Wildman–Crippen LogP) is 3.71. The maximum absolute atomic E-state index is 12.8. The molecule has 2 heterocycles. The van der Waals surface area contributed by atoms with E-state index < -0.39 is 0 Å². The van der Waals surface area contributed by atoms with E-state index in [0.717, 1.165) is 47.9 Å². The Morgan fingerprint density at radius 2 is 1.88 bits per heavy atom. The lowest BCUT2D eigenvalue weighted by molar-refractivity contribution is 0.0707. The van der Waals surface area contributed by atoms with Crippen LogP contribution in [-0.4, -0.2) is 42.0 Å². The van der Waals surface area contributed by atoms with Crippen molar-refractivity contribution < 1.29 is 4.79 Å². The van der Waals surface area contributed by atoms with Gasteiger partial charge < -0.3 is 10.2 Å². The van der Waals surface area contributed by atoms with Crippen LogP contribution < -0.4 is 5.32 Å². The van der Waals surface area contributed by atoms with E-state index in [2.05, 4.69) is 22.4 Å².